The average Bonchev–Trinajstić information content (AvgIpc) is 2.93. The van der Waals surface area contributed by atoms with Gasteiger partial charge >= 0.3 is 5.97 Å². The lowest BCUT2D eigenvalue weighted by atomic mass is 10.1. The topological polar surface area (TPSA) is 83.6 Å². The number of Topliss-reactive ketones (excluding diaryl/α,β-unsaturated/α-hetero) is 1. The maximum atomic E-state index is 12.3. The van der Waals surface area contributed by atoms with Gasteiger partial charge in [0.1, 0.15) is 5.76 Å². The second-order valence-corrected chi connectivity index (χ2v) is 5.20. The SMILES string of the molecule is Cc1cc(N(CC(=O)c2ccccc2)CC(C)C(=O)O)no1. The van der Waals surface area contributed by atoms with Gasteiger partial charge in [-0.2, -0.15) is 0 Å². The molecule has 22 heavy (non-hydrogen) atoms. The lowest BCUT2D eigenvalue weighted by molar-refractivity contribution is -0.140. The summed E-state index contributed by atoms with van der Waals surface area (Å²) in [4.78, 5) is 25.0. The van der Waals surface area contributed by atoms with Crippen molar-refractivity contribution in [2.75, 3.05) is 18.0 Å². The van der Waals surface area contributed by atoms with Crippen molar-refractivity contribution in [3.8, 4) is 0 Å². The van der Waals surface area contributed by atoms with Gasteiger partial charge in [-0.1, -0.05) is 42.4 Å². The number of anilines is 1. The van der Waals surface area contributed by atoms with Gasteiger partial charge in [0.25, 0.3) is 0 Å². The van der Waals surface area contributed by atoms with Crippen LogP contribution in [0.25, 0.3) is 0 Å². The molecule has 1 aromatic heterocycles. The van der Waals surface area contributed by atoms with Crippen molar-refractivity contribution in [1.29, 1.82) is 0 Å². The van der Waals surface area contributed by atoms with Crippen LogP contribution in [0.5, 0.6) is 0 Å². The van der Waals surface area contributed by atoms with Crippen molar-refractivity contribution in [1.82, 2.24) is 5.16 Å². The molecule has 0 saturated carbocycles. The fourth-order valence-corrected chi connectivity index (χ4v) is 2.04. The summed E-state index contributed by atoms with van der Waals surface area (Å²) in [6.07, 6.45) is 0. The molecule has 6 nitrogen and oxygen atoms in total. The maximum absolute atomic E-state index is 12.3. The maximum Gasteiger partial charge on any atom is 0.308 e. The summed E-state index contributed by atoms with van der Waals surface area (Å²) in [5, 5.41) is 13.0. The van der Waals surface area contributed by atoms with Crippen LogP contribution in [0.15, 0.2) is 40.9 Å². The molecular formula is C16H18N2O4. The highest BCUT2D eigenvalue weighted by Crippen LogP contribution is 2.16. The van der Waals surface area contributed by atoms with E-state index in [1.165, 1.54) is 0 Å². The third kappa shape index (κ3) is 3.94. The average molecular weight is 302 g/mol. The van der Waals surface area contributed by atoms with Crippen LogP contribution in [0.3, 0.4) is 0 Å². The van der Waals surface area contributed by atoms with Crippen LogP contribution in [-0.2, 0) is 4.79 Å². The fraction of sp³-hybridized carbons (Fsp3) is 0.312. The first-order valence-electron chi connectivity index (χ1n) is 6.96. The molecule has 0 saturated heterocycles. The number of carboxylic acids is 1. The molecule has 0 fully saturated rings. The predicted octanol–water partition coefficient (Wildman–Crippen LogP) is 2.39. The summed E-state index contributed by atoms with van der Waals surface area (Å²) in [6.45, 7) is 3.57. The standard InChI is InChI=1S/C16H18N2O4/c1-11(16(20)21)9-18(15-8-12(2)22-17-15)10-14(19)13-6-4-3-5-7-13/h3-8,11H,9-10H2,1-2H3,(H,20,21). The minimum absolute atomic E-state index is 0.0492. The fourth-order valence-electron chi connectivity index (χ4n) is 2.04. The third-order valence-corrected chi connectivity index (χ3v) is 3.29. The zero-order valence-electron chi connectivity index (χ0n) is 12.5. The lowest BCUT2D eigenvalue weighted by Crippen LogP contribution is -2.36. The Labute approximate surface area is 128 Å². The zero-order chi connectivity index (χ0) is 16.1. The number of benzene rings is 1. The quantitative estimate of drug-likeness (QED) is 0.791. The number of aliphatic carboxylic acids is 1. The molecule has 0 bridgehead atoms. The van der Waals surface area contributed by atoms with Crippen molar-refractivity contribution < 1.29 is 19.2 Å². The largest absolute Gasteiger partial charge is 0.481 e. The van der Waals surface area contributed by atoms with E-state index < -0.39 is 11.9 Å². The van der Waals surface area contributed by atoms with E-state index in [1.54, 1.807) is 49.1 Å². The van der Waals surface area contributed by atoms with Crippen LogP contribution in [0.4, 0.5) is 5.82 Å². The molecule has 0 radical (unpaired) electrons. The highest BCUT2D eigenvalue weighted by Gasteiger charge is 2.21. The Morgan fingerprint density at radius 3 is 2.55 bits per heavy atom. The van der Waals surface area contributed by atoms with Crippen LogP contribution in [0.2, 0.25) is 0 Å². The number of nitrogens with zero attached hydrogens (tertiary/aromatic N) is 2. The van der Waals surface area contributed by atoms with Gasteiger partial charge in [-0.3, -0.25) is 9.59 Å². The smallest absolute Gasteiger partial charge is 0.308 e. The van der Waals surface area contributed by atoms with Crippen molar-refractivity contribution in [2.24, 2.45) is 5.92 Å². The lowest BCUT2D eigenvalue weighted by Gasteiger charge is -2.22. The number of rotatable bonds is 7. The first-order valence-corrected chi connectivity index (χ1v) is 6.96. The van der Waals surface area contributed by atoms with Crippen LogP contribution < -0.4 is 4.90 Å². The van der Waals surface area contributed by atoms with Gasteiger partial charge in [0.2, 0.25) is 0 Å². The molecule has 1 heterocycles. The molecule has 0 aliphatic heterocycles. The second kappa shape index (κ2) is 6.89. The monoisotopic (exact) mass is 302 g/mol. The first-order chi connectivity index (χ1) is 10.5. The van der Waals surface area contributed by atoms with Crippen LogP contribution in [-0.4, -0.2) is 35.1 Å². The molecule has 1 aromatic carbocycles. The third-order valence-electron chi connectivity index (χ3n) is 3.29. The van der Waals surface area contributed by atoms with Gasteiger partial charge in [0.15, 0.2) is 11.6 Å². The Morgan fingerprint density at radius 2 is 2.00 bits per heavy atom. The molecule has 0 amide bonds. The summed E-state index contributed by atoms with van der Waals surface area (Å²) in [6, 6.07) is 10.6. The Kier molecular flexibility index (Phi) is 4.93. The summed E-state index contributed by atoms with van der Waals surface area (Å²) in [5.74, 6) is -0.568. The number of ketones is 1. The molecular weight excluding hydrogens is 284 g/mol. The van der Waals surface area contributed by atoms with Crippen molar-refractivity contribution in [3.05, 3.63) is 47.7 Å². The van der Waals surface area contributed by atoms with Crippen molar-refractivity contribution in [2.45, 2.75) is 13.8 Å². The molecule has 0 spiro atoms. The van der Waals surface area contributed by atoms with E-state index in [0.29, 0.717) is 17.1 Å². The number of aryl methyl sites for hydroxylation is 1. The number of aromatic nitrogens is 1. The summed E-state index contributed by atoms with van der Waals surface area (Å²) >= 11 is 0. The van der Waals surface area contributed by atoms with E-state index in [-0.39, 0.29) is 18.9 Å². The van der Waals surface area contributed by atoms with E-state index >= 15 is 0 Å². The van der Waals surface area contributed by atoms with E-state index in [0.717, 1.165) is 0 Å². The summed E-state index contributed by atoms with van der Waals surface area (Å²) in [7, 11) is 0. The molecule has 116 valence electrons. The molecule has 1 unspecified atom stereocenters. The van der Waals surface area contributed by atoms with Gasteiger partial charge in [-0.25, -0.2) is 0 Å². The predicted molar refractivity (Wildman–Crippen MR) is 81.0 cm³/mol. The van der Waals surface area contributed by atoms with E-state index in [1.807, 2.05) is 6.07 Å². The number of hydrogen-bond acceptors (Lipinski definition) is 5. The first kappa shape index (κ1) is 15.8. The minimum atomic E-state index is -0.919. The summed E-state index contributed by atoms with van der Waals surface area (Å²) < 4.78 is 5.02. The Morgan fingerprint density at radius 1 is 1.32 bits per heavy atom. The highest BCUT2D eigenvalue weighted by atomic mass is 16.5. The molecule has 1 atom stereocenters. The van der Waals surface area contributed by atoms with Crippen molar-refractivity contribution in [3.63, 3.8) is 0 Å². The molecule has 6 heteroatoms. The second-order valence-electron chi connectivity index (χ2n) is 5.20. The summed E-state index contributed by atoms with van der Waals surface area (Å²) in [5.41, 5.74) is 0.579. The van der Waals surface area contributed by atoms with Gasteiger partial charge in [-0.15, -0.1) is 0 Å². The van der Waals surface area contributed by atoms with Crippen LogP contribution in [0.1, 0.15) is 23.0 Å². The molecule has 2 rings (SSSR count). The number of carbonyl (C=O) groups excluding carboxylic acids is 1. The Hall–Kier alpha value is -2.63. The number of carbonyl (C=O) groups is 2. The normalized spacial score (nSPS) is 11.9. The molecule has 2 aromatic rings. The van der Waals surface area contributed by atoms with Gasteiger partial charge in [0, 0.05) is 18.2 Å². The molecule has 0 aliphatic carbocycles. The van der Waals surface area contributed by atoms with E-state index in [2.05, 4.69) is 5.16 Å². The zero-order valence-corrected chi connectivity index (χ0v) is 12.5. The molecule has 1 N–H and O–H groups in total. The van der Waals surface area contributed by atoms with E-state index in [4.69, 9.17) is 9.63 Å². The Bertz CT molecular complexity index is 651. The van der Waals surface area contributed by atoms with E-state index in [9.17, 15) is 9.59 Å². The highest BCUT2D eigenvalue weighted by molar-refractivity contribution is 5.99. The number of hydrogen-bond donors (Lipinski definition) is 1. The van der Waals surface area contributed by atoms with Gasteiger partial charge in [0.05, 0.1) is 12.5 Å². The molecule has 0 aliphatic rings. The number of carboxylic acid groups (broad SMARTS) is 1. The van der Waals surface area contributed by atoms with Gasteiger partial charge < -0.3 is 14.5 Å². The van der Waals surface area contributed by atoms with Crippen LogP contribution >= 0.6 is 0 Å². The Balaban J connectivity index is 2.17. The van der Waals surface area contributed by atoms with Crippen molar-refractivity contribution >= 4 is 17.6 Å². The van der Waals surface area contributed by atoms with Crippen LogP contribution in [0, 0.1) is 12.8 Å². The van der Waals surface area contributed by atoms with Gasteiger partial charge in [-0.05, 0) is 6.92 Å². The minimum Gasteiger partial charge on any atom is -0.481 e.